The number of carbonyl (C=O) groups excluding carboxylic acids is 2. The van der Waals surface area contributed by atoms with Crippen LogP contribution < -0.4 is 10.9 Å². The van der Waals surface area contributed by atoms with E-state index in [1.54, 1.807) is 6.92 Å². The molecule has 0 spiro atoms. The molecule has 0 bridgehead atoms. The molecule has 8 nitrogen and oxygen atoms in total. The van der Waals surface area contributed by atoms with Crippen LogP contribution in [0.25, 0.3) is 0 Å². The number of carboxylic acid groups (broad SMARTS) is 1. The molecule has 1 heterocycles. The van der Waals surface area contributed by atoms with Crippen molar-refractivity contribution in [1.82, 2.24) is 20.7 Å². The van der Waals surface area contributed by atoms with Crippen LogP contribution >= 0.6 is 0 Å². The van der Waals surface area contributed by atoms with Gasteiger partial charge in [0.05, 0.1) is 0 Å². The first kappa shape index (κ1) is 20.1. The Kier molecular flexibility index (Phi) is 5.83. The average Bonchev–Trinajstić information content (AvgIpc) is 3.49. The van der Waals surface area contributed by atoms with Crippen LogP contribution in [-0.2, 0) is 9.59 Å². The summed E-state index contributed by atoms with van der Waals surface area (Å²) < 4.78 is 13.4. The maximum absolute atomic E-state index is 13.4. The fourth-order valence-electron chi connectivity index (χ4n) is 3.56. The number of carbonyl (C=O) groups is 3. The van der Waals surface area contributed by atoms with Gasteiger partial charge in [0.25, 0.3) is 5.91 Å². The zero-order chi connectivity index (χ0) is 20.4. The Morgan fingerprint density at radius 3 is 2.29 bits per heavy atom. The lowest BCUT2D eigenvalue weighted by Crippen LogP contribution is -2.60. The molecule has 152 valence electrons. The number of nitrogens with zero attached hydrogens (tertiary/aromatic N) is 2. The van der Waals surface area contributed by atoms with Crippen LogP contribution in [-0.4, -0.2) is 58.0 Å². The predicted molar refractivity (Wildman–Crippen MR) is 98.5 cm³/mol. The maximum Gasteiger partial charge on any atom is 0.407 e. The van der Waals surface area contributed by atoms with Crippen molar-refractivity contribution >= 4 is 17.9 Å². The largest absolute Gasteiger partial charge is 0.465 e. The highest BCUT2D eigenvalue weighted by atomic mass is 19.1. The average molecular weight is 392 g/mol. The van der Waals surface area contributed by atoms with Crippen LogP contribution in [0, 0.1) is 11.7 Å². The van der Waals surface area contributed by atoms with Crippen molar-refractivity contribution in [3.63, 3.8) is 0 Å². The Bertz CT molecular complexity index is 753. The summed E-state index contributed by atoms with van der Waals surface area (Å²) in [6.07, 6.45) is 0.627. The first-order valence-corrected chi connectivity index (χ1v) is 9.38. The summed E-state index contributed by atoms with van der Waals surface area (Å²) in [6.45, 7) is 4.20. The summed E-state index contributed by atoms with van der Waals surface area (Å²) in [5.74, 6) is -1.13. The third-order valence-corrected chi connectivity index (χ3v) is 5.30. The van der Waals surface area contributed by atoms with Gasteiger partial charge in [-0.2, -0.15) is 0 Å². The van der Waals surface area contributed by atoms with E-state index in [4.69, 9.17) is 0 Å². The van der Waals surface area contributed by atoms with Crippen molar-refractivity contribution in [2.45, 2.75) is 44.8 Å². The Morgan fingerprint density at radius 1 is 1.07 bits per heavy atom. The summed E-state index contributed by atoms with van der Waals surface area (Å²) in [4.78, 5) is 39.5. The Hall–Kier alpha value is -2.68. The molecule has 1 saturated carbocycles. The van der Waals surface area contributed by atoms with E-state index in [1.165, 1.54) is 29.2 Å². The van der Waals surface area contributed by atoms with E-state index in [0.29, 0.717) is 12.1 Å². The van der Waals surface area contributed by atoms with Crippen molar-refractivity contribution in [2.24, 2.45) is 5.92 Å². The summed E-state index contributed by atoms with van der Waals surface area (Å²) in [5, 5.41) is 9.35. The molecule has 9 heteroatoms. The normalized spacial score (nSPS) is 23.8. The van der Waals surface area contributed by atoms with E-state index < -0.39 is 23.9 Å². The van der Waals surface area contributed by atoms with Crippen molar-refractivity contribution in [1.29, 1.82) is 0 Å². The molecule has 3 amide bonds. The Labute approximate surface area is 162 Å². The molecule has 1 saturated heterocycles. The van der Waals surface area contributed by atoms with Gasteiger partial charge >= 0.3 is 6.09 Å². The smallest absolute Gasteiger partial charge is 0.407 e. The topological polar surface area (TPSA) is 102 Å². The highest BCUT2D eigenvalue weighted by molar-refractivity contribution is 5.87. The van der Waals surface area contributed by atoms with E-state index in [-0.39, 0.29) is 30.5 Å². The SMILES string of the molecule is C[C@@H]1CN(C(=O)O)[C@@H](C)CN1C(C(=O)NNC(=O)C1CC1)c1ccc(F)cc1. The molecule has 3 atom stereocenters. The van der Waals surface area contributed by atoms with Gasteiger partial charge in [-0.3, -0.25) is 25.3 Å². The number of benzene rings is 1. The zero-order valence-corrected chi connectivity index (χ0v) is 15.9. The summed E-state index contributed by atoms with van der Waals surface area (Å²) in [5.41, 5.74) is 5.51. The number of nitrogens with one attached hydrogen (secondary N) is 2. The number of rotatable bonds is 4. The van der Waals surface area contributed by atoms with Crippen molar-refractivity contribution < 1.29 is 23.9 Å². The van der Waals surface area contributed by atoms with Crippen molar-refractivity contribution in [3.05, 3.63) is 35.6 Å². The number of hydrazine groups is 1. The third kappa shape index (κ3) is 4.41. The molecule has 3 N–H and O–H groups in total. The molecule has 3 rings (SSSR count). The van der Waals surface area contributed by atoms with E-state index in [0.717, 1.165) is 12.8 Å². The van der Waals surface area contributed by atoms with Crippen molar-refractivity contribution in [2.75, 3.05) is 13.1 Å². The van der Waals surface area contributed by atoms with Crippen LogP contribution in [0.1, 0.15) is 38.3 Å². The molecule has 0 aromatic heterocycles. The van der Waals surface area contributed by atoms with Gasteiger partial charge in [0.15, 0.2) is 0 Å². The lowest BCUT2D eigenvalue weighted by Gasteiger charge is -2.45. The molecule has 1 unspecified atom stereocenters. The number of hydrogen-bond donors (Lipinski definition) is 3. The molecule has 28 heavy (non-hydrogen) atoms. The Balaban J connectivity index is 1.81. The first-order valence-electron chi connectivity index (χ1n) is 9.38. The summed E-state index contributed by atoms with van der Waals surface area (Å²) in [6, 6.07) is 4.28. The molecular weight excluding hydrogens is 367 g/mol. The van der Waals surface area contributed by atoms with Crippen LogP contribution in [0.15, 0.2) is 24.3 Å². The molecule has 1 aromatic carbocycles. The number of amides is 3. The molecule has 2 aliphatic rings. The molecule has 0 radical (unpaired) electrons. The molecule has 2 fully saturated rings. The van der Waals surface area contributed by atoms with E-state index in [9.17, 15) is 23.9 Å². The van der Waals surface area contributed by atoms with Crippen LogP contribution in [0.3, 0.4) is 0 Å². The molecule has 1 aromatic rings. The lowest BCUT2D eigenvalue weighted by molar-refractivity contribution is -0.134. The third-order valence-electron chi connectivity index (χ3n) is 5.30. The first-order chi connectivity index (χ1) is 13.3. The fraction of sp³-hybridized carbons (Fsp3) is 0.526. The minimum absolute atomic E-state index is 0.0531. The predicted octanol–water partition coefficient (Wildman–Crippen LogP) is 1.50. The quantitative estimate of drug-likeness (QED) is 0.674. The number of halogens is 1. The lowest BCUT2D eigenvalue weighted by atomic mass is 9.99. The van der Waals surface area contributed by atoms with Gasteiger partial charge in [-0.1, -0.05) is 12.1 Å². The van der Waals surface area contributed by atoms with E-state index in [1.807, 2.05) is 11.8 Å². The van der Waals surface area contributed by atoms with Gasteiger partial charge < -0.3 is 10.0 Å². The highest BCUT2D eigenvalue weighted by Crippen LogP contribution is 2.29. The second-order valence-electron chi connectivity index (χ2n) is 7.54. The minimum atomic E-state index is -1.00. The molecule has 1 aliphatic heterocycles. The summed E-state index contributed by atoms with van der Waals surface area (Å²) >= 11 is 0. The number of piperazine rings is 1. The van der Waals surface area contributed by atoms with Gasteiger partial charge in [0, 0.05) is 31.1 Å². The van der Waals surface area contributed by atoms with Gasteiger partial charge in [-0.05, 0) is 44.4 Å². The van der Waals surface area contributed by atoms with Crippen LogP contribution in [0.4, 0.5) is 9.18 Å². The monoisotopic (exact) mass is 392 g/mol. The van der Waals surface area contributed by atoms with Gasteiger partial charge in [0.1, 0.15) is 11.9 Å². The maximum atomic E-state index is 13.4. The minimum Gasteiger partial charge on any atom is -0.465 e. The molecule has 1 aliphatic carbocycles. The van der Waals surface area contributed by atoms with Gasteiger partial charge in [-0.15, -0.1) is 0 Å². The molecular formula is C19H25FN4O4. The van der Waals surface area contributed by atoms with Crippen LogP contribution in [0.5, 0.6) is 0 Å². The van der Waals surface area contributed by atoms with E-state index in [2.05, 4.69) is 10.9 Å². The van der Waals surface area contributed by atoms with Gasteiger partial charge in [-0.25, -0.2) is 9.18 Å². The van der Waals surface area contributed by atoms with E-state index >= 15 is 0 Å². The van der Waals surface area contributed by atoms with Crippen molar-refractivity contribution in [3.8, 4) is 0 Å². The second-order valence-corrected chi connectivity index (χ2v) is 7.54. The second kappa shape index (κ2) is 8.14. The Morgan fingerprint density at radius 2 is 1.71 bits per heavy atom. The standard InChI is InChI=1S/C19H25FN4O4/c1-11-10-24(19(27)28)12(2)9-23(11)16(13-5-7-15(20)8-6-13)18(26)22-21-17(25)14-3-4-14/h5-8,11-12,14,16H,3-4,9-10H2,1-2H3,(H,21,25)(H,22,26)(H,27,28)/t11-,12+,16?/m1/s1. The van der Waals surface area contributed by atoms with Crippen LogP contribution in [0.2, 0.25) is 0 Å². The number of hydrogen-bond acceptors (Lipinski definition) is 4. The summed E-state index contributed by atoms with van der Waals surface area (Å²) in [7, 11) is 0. The fourth-order valence-corrected chi connectivity index (χ4v) is 3.56. The zero-order valence-electron chi connectivity index (χ0n) is 15.9. The highest BCUT2D eigenvalue weighted by Gasteiger charge is 2.39. The van der Waals surface area contributed by atoms with Gasteiger partial charge in [0.2, 0.25) is 5.91 Å².